The Balaban J connectivity index is 1.80. The molecule has 148 valence electrons. The number of amides is 2. The van der Waals surface area contributed by atoms with Gasteiger partial charge in [-0.2, -0.15) is 0 Å². The first-order valence-electron chi connectivity index (χ1n) is 9.42. The molecule has 0 aliphatic carbocycles. The molecule has 2 aromatic rings. The van der Waals surface area contributed by atoms with Gasteiger partial charge in [0, 0.05) is 25.8 Å². The van der Waals surface area contributed by atoms with E-state index in [1.54, 1.807) is 12.0 Å². The van der Waals surface area contributed by atoms with Gasteiger partial charge < -0.3 is 20.1 Å². The van der Waals surface area contributed by atoms with E-state index < -0.39 is 11.5 Å². The number of primary amides is 1. The van der Waals surface area contributed by atoms with E-state index in [0.717, 1.165) is 16.9 Å². The minimum atomic E-state index is -0.830. The summed E-state index contributed by atoms with van der Waals surface area (Å²) < 4.78 is 11.2. The number of carbonyl (C=O) groups excluding carboxylic acids is 2. The van der Waals surface area contributed by atoms with Crippen LogP contribution in [-0.4, -0.2) is 30.6 Å². The van der Waals surface area contributed by atoms with E-state index in [9.17, 15) is 9.59 Å². The third-order valence-corrected chi connectivity index (χ3v) is 5.41. The fourth-order valence-electron chi connectivity index (χ4n) is 3.67. The van der Waals surface area contributed by atoms with Gasteiger partial charge in [-0.3, -0.25) is 4.79 Å². The van der Waals surface area contributed by atoms with Crippen LogP contribution in [0.4, 0.5) is 4.79 Å². The number of hydrogen-bond donors (Lipinski definition) is 1. The lowest BCUT2D eigenvalue weighted by molar-refractivity contribution is -0.121. The molecule has 0 unspecified atom stereocenters. The van der Waals surface area contributed by atoms with Gasteiger partial charge in [-0.05, 0) is 30.2 Å². The molecule has 6 heteroatoms. The van der Waals surface area contributed by atoms with E-state index in [1.165, 1.54) is 0 Å². The lowest BCUT2D eigenvalue weighted by Gasteiger charge is -2.43. The summed E-state index contributed by atoms with van der Waals surface area (Å²) in [6.07, 6.45) is 0.748. The second kappa shape index (κ2) is 8.33. The molecule has 0 radical (unpaired) electrons. The summed E-state index contributed by atoms with van der Waals surface area (Å²) in [5.74, 6) is 0.368. The van der Waals surface area contributed by atoms with E-state index in [-0.39, 0.29) is 18.6 Å². The summed E-state index contributed by atoms with van der Waals surface area (Å²) in [5, 5.41) is 0. The molecule has 2 aromatic carbocycles. The number of methoxy groups -OCH3 is 1. The number of benzene rings is 2. The molecule has 1 aliphatic heterocycles. The standard InChI is InChI=1S/C22H26N2O4/c1-16(17-8-10-19(27-2)11-9-17)24-15-14-22(28-21(24)26,13-12-20(23)25)18-6-4-3-5-7-18/h3-11,16H,12-15H2,1-2H3,(H2,23,25)/t16-,22-/m0/s1. The average molecular weight is 382 g/mol. The summed E-state index contributed by atoms with van der Waals surface area (Å²) in [6.45, 7) is 2.50. The molecular formula is C22H26N2O4. The summed E-state index contributed by atoms with van der Waals surface area (Å²) in [7, 11) is 1.62. The largest absolute Gasteiger partial charge is 0.497 e. The van der Waals surface area contributed by atoms with Crippen molar-refractivity contribution < 1.29 is 19.1 Å². The molecule has 6 nitrogen and oxygen atoms in total. The number of nitrogens with two attached hydrogens (primary N) is 1. The van der Waals surface area contributed by atoms with Crippen LogP contribution in [0, 0.1) is 0 Å². The lowest BCUT2D eigenvalue weighted by Crippen LogP contribution is -2.49. The second-order valence-electron chi connectivity index (χ2n) is 7.09. The van der Waals surface area contributed by atoms with Gasteiger partial charge in [0.05, 0.1) is 13.2 Å². The fourth-order valence-corrected chi connectivity index (χ4v) is 3.67. The molecule has 0 saturated carbocycles. The van der Waals surface area contributed by atoms with E-state index in [4.69, 9.17) is 15.2 Å². The summed E-state index contributed by atoms with van der Waals surface area (Å²) >= 11 is 0. The number of nitrogens with zero attached hydrogens (tertiary/aromatic N) is 1. The van der Waals surface area contributed by atoms with Crippen LogP contribution in [0.2, 0.25) is 0 Å². The van der Waals surface area contributed by atoms with Gasteiger partial charge in [0.15, 0.2) is 0 Å². The van der Waals surface area contributed by atoms with Crippen molar-refractivity contribution in [1.82, 2.24) is 4.90 Å². The van der Waals surface area contributed by atoms with Crippen LogP contribution in [0.3, 0.4) is 0 Å². The molecule has 2 atom stereocenters. The Morgan fingerprint density at radius 2 is 1.89 bits per heavy atom. The Bertz CT molecular complexity index is 822. The molecular weight excluding hydrogens is 356 g/mol. The molecule has 1 heterocycles. The SMILES string of the molecule is COc1ccc([C@H](C)N2CC[C@@](CCC(N)=O)(c3ccccc3)OC2=O)cc1. The van der Waals surface area contributed by atoms with Gasteiger partial charge in [0.1, 0.15) is 11.4 Å². The zero-order valence-corrected chi connectivity index (χ0v) is 16.3. The average Bonchev–Trinajstić information content (AvgIpc) is 2.72. The van der Waals surface area contributed by atoms with Crippen LogP contribution in [0.1, 0.15) is 43.4 Å². The number of rotatable bonds is 7. The smallest absolute Gasteiger partial charge is 0.411 e. The van der Waals surface area contributed by atoms with Gasteiger partial charge in [-0.15, -0.1) is 0 Å². The van der Waals surface area contributed by atoms with Crippen molar-refractivity contribution in [2.45, 2.75) is 37.8 Å². The van der Waals surface area contributed by atoms with E-state index in [1.807, 2.05) is 61.5 Å². The van der Waals surface area contributed by atoms with Crippen molar-refractivity contribution in [1.29, 1.82) is 0 Å². The van der Waals surface area contributed by atoms with E-state index in [0.29, 0.717) is 19.4 Å². The van der Waals surface area contributed by atoms with Crippen LogP contribution >= 0.6 is 0 Å². The molecule has 1 fully saturated rings. The van der Waals surface area contributed by atoms with Crippen molar-refractivity contribution in [2.24, 2.45) is 5.73 Å². The predicted octanol–water partition coefficient (Wildman–Crippen LogP) is 3.76. The van der Waals surface area contributed by atoms with Crippen LogP contribution in [0.25, 0.3) is 0 Å². The molecule has 2 amide bonds. The number of carbonyl (C=O) groups is 2. The Morgan fingerprint density at radius 1 is 1.21 bits per heavy atom. The molecule has 0 spiro atoms. The quantitative estimate of drug-likeness (QED) is 0.790. The predicted molar refractivity (Wildman–Crippen MR) is 106 cm³/mol. The molecule has 0 bridgehead atoms. The van der Waals surface area contributed by atoms with Gasteiger partial charge in [0.2, 0.25) is 5.91 Å². The highest BCUT2D eigenvalue weighted by molar-refractivity contribution is 5.74. The van der Waals surface area contributed by atoms with Gasteiger partial charge in [-0.1, -0.05) is 42.5 Å². The number of ether oxygens (including phenoxy) is 2. The minimum absolute atomic E-state index is 0.136. The zero-order chi connectivity index (χ0) is 20.1. The Morgan fingerprint density at radius 3 is 2.46 bits per heavy atom. The maximum atomic E-state index is 12.9. The summed E-state index contributed by atoms with van der Waals surface area (Å²) in [5.41, 5.74) is 6.42. The van der Waals surface area contributed by atoms with Crippen LogP contribution < -0.4 is 10.5 Å². The van der Waals surface area contributed by atoms with Gasteiger partial charge in [-0.25, -0.2) is 4.79 Å². The Kier molecular flexibility index (Phi) is 5.87. The van der Waals surface area contributed by atoms with E-state index >= 15 is 0 Å². The molecule has 28 heavy (non-hydrogen) atoms. The third-order valence-electron chi connectivity index (χ3n) is 5.41. The first kappa shape index (κ1) is 19.7. The normalized spacial score (nSPS) is 20.4. The molecule has 2 N–H and O–H groups in total. The first-order valence-corrected chi connectivity index (χ1v) is 9.42. The highest BCUT2D eigenvalue weighted by atomic mass is 16.6. The lowest BCUT2D eigenvalue weighted by atomic mass is 9.84. The van der Waals surface area contributed by atoms with Crippen molar-refractivity contribution in [3.63, 3.8) is 0 Å². The van der Waals surface area contributed by atoms with E-state index in [2.05, 4.69) is 0 Å². The molecule has 1 aliphatic rings. The van der Waals surface area contributed by atoms with Crippen LogP contribution in [-0.2, 0) is 15.1 Å². The molecule has 3 rings (SSSR count). The van der Waals surface area contributed by atoms with Crippen LogP contribution in [0.5, 0.6) is 5.75 Å². The summed E-state index contributed by atoms with van der Waals surface area (Å²) in [6, 6.07) is 17.1. The summed E-state index contributed by atoms with van der Waals surface area (Å²) in [4.78, 5) is 26.0. The zero-order valence-electron chi connectivity index (χ0n) is 16.3. The third kappa shape index (κ3) is 4.11. The van der Waals surface area contributed by atoms with Crippen LogP contribution in [0.15, 0.2) is 54.6 Å². The van der Waals surface area contributed by atoms with Crippen molar-refractivity contribution in [3.8, 4) is 5.75 Å². The first-order chi connectivity index (χ1) is 13.4. The minimum Gasteiger partial charge on any atom is -0.497 e. The maximum Gasteiger partial charge on any atom is 0.411 e. The molecule has 1 saturated heterocycles. The topological polar surface area (TPSA) is 81.9 Å². The maximum absolute atomic E-state index is 12.9. The Hall–Kier alpha value is -3.02. The Labute approximate surface area is 165 Å². The van der Waals surface area contributed by atoms with Crippen molar-refractivity contribution >= 4 is 12.0 Å². The highest BCUT2D eigenvalue weighted by Gasteiger charge is 2.43. The highest BCUT2D eigenvalue weighted by Crippen LogP contribution is 2.40. The number of cyclic esters (lactones) is 1. The van der Waals surface area contributed by atoms with Gasteiger partial charge in [0.25, 0.3) is 0 Å². The monoisotopic (exact) mass is 382 g/mol. The van der Waals surface area contributed by atoms with Crippen molar-refractivity contribution in [3.05, 3.63) is 65.7 Å². The van der Waals surface area contributed by atoms with Crippen molar-refractivity contribution in [2.75, 3.05) is 13.7 Å². The molecule has 0 aromatic heterocycles. The number of hydrogen-bond acceptors (Lipinski definition) is 4. The van der Waals surface area contributed by atoms with Gasteiger partial charge >= 0.3 is 6.09 Å². The fraction of sp³-hybridized carbons (Fsp3) is 0.364. The second-order valence-corrected chi connectivity index (χ2v) is 7.09.